The summed E-state index contributed by atoms with van der Waals surface area (Å²) < 4.78 is 10.4. The zero-order valence-corrected chi connectivity index (χ0v) is 19.8. The Bertz CT molecular complexity index is 1010. The number of amides is 2. The first kappa shape index (κ1) is 24.6. The summed E-state index contributed by atoms with van der Waals surface area (Å²) in [6, 6.07) is 5.25. The van der Waals surface area contributed by atoms with Gasteiger partial charge in [-0.05, 0) is 51.5 Å². The monoisotopic (exact) mass is 477 g/mol. The molecule has 0 aromatic heterocycles. The number of ether oxygens (including phenoxy) is 2. The molecule has 1 aromatic rings. The largest absolute Gasteiger partial charge is 0.497 e. The number of β-lactam (4-membered cyclic amide) rings is 1. The lowest BCUT2D eigenvalue weighted by atomic mass is 9.85. The van der Waals surface area contributed by atoms with Gasteiger partial charge in [0.05, 0.1) is 12.0 Å². The number of benzene rings is 1. The first-order valence-corrected chi connectivity index (χ1v) is 11.0. The molecular weight excluding hydrogens is 450 g/mol. The third-order valence-electron chi connectivity index (χ3n) is 5.02. The summed E-state index contributed by atoms with van der Waals surface area (Å²) in [5.41, 5.74) is 5.49. The summed E-state index contributed by atoms with van der Waals surface area (Å²) in [6.07, 6.45) is 0.459. The van der Waals surface area contributed by atoms with Gasteiger partial charge in [0.25, 0.3) is 0 Å². The average Bonchev–Trinajstić information content (AvgIpc) is 2.69. The van der Waals surface area contributed by atoms with Gasteiger partial charge in [-0.2, -0.15) is 0 Å². The van der Waals surface area contributed by atoms with E-state index in [9.17, 15) is 24.3 Å². The van der Waals surface area contributed by atoms with Crippen molar-refractivity contribution < 1.29 is 33.8 Å². The lowest BCUT2D eigenvalue weighted by molar-refractivity contribution is -0.157. The molecule has 1 saturated heterocycles. The predicted molar refractivity (Wildman–Crippen MR) is 120 cm³/mol. The number of nitrogens with zero attached hydrogens (tertiary/aromatic N) is 1. The number of hydrogen-bond acceptors (Lipinski definition) is 8. The maximum atomic E-state index is 13.6. The second-order valence-electron chi connectivity index (χ2n) is 8.97. The number of alkyl carbamates (subject to hydrolysis) is 1. The maximum absolute atomic E-state index is 13.6. The third kappa shape index (κ3) is 5.14. The minimum atomic E-state index is -1.31. The molecule has 4 atom stereocenters. The van der Waals surface area contributed by atoms with Gasteiger partial charge in [0.2, 0.25) is 5.91 Å². The van der Waals surface area contributed by atoms with E-state index in [0.29, 0.717) is 11.3 Å². The van der Waals surface area contributed by atoms with Gasteiger partial charge in [-0.15, -0.1) is 11.8 Å². The van der Waals surface area contributed by atoms with E-state index in [4.69, 9.17) is 15.2 Å². The fraction of sp³-hybridized carbons (Fsp3) is 0.455. The Morgan fingerprint density at radius 1 is 1.24 bits per heavy atom. The smallest absolute Gasteiger partial charge is 0.408 e. The number of rotatable bonds is 6. The average molecular weight is 478 g/mol. The molecule has 2 amide bonds. The van der Waals surface area contributed by atoms with Gasteiger partial charge in [-0.25, -0.2) is 9.59 Å². The number of aliphatic carboxylic acids is 1. The molecule has 2 aliphatic heterocycles. The van der Waals surface area contributed by atoms with Gasteiger partial charge in [-0.3, -0.25) is 14.5 Å². The molecule has 178 valence electrons. The molecule has 3 rings (SSSR count). The van der Waals surface area contributed by atoms with Crippen LogP contribution in [0.2, 0.25) is 0 Å². The summed E-state index contributed by atoms with van der Waals surface area (Å²) in [5, 5.41) is 11.2. The first-order valence-electron chi connectivity index (χ1n) is 10.2. The lowest BCUT2D eigenvalue weighted by Crippen LogP contribution is -2.67. The Morgan fingerprint density at radius 3 is 2.36 bits per heavy atom. The van der Waals surface area contributed by atoms with E-state index in [1.54, 1.807) is 52.0 Å². The van der Waals surface area contributed by atoms with Crippen LogP contribution >= 0.6 is 11.8 Å². The molecule has 1 aromatic carbocycles. The van der Waals surface area contributed by atoms with Crippen molar-refractivity contribution in [3.63, 3.8) is 0 Å². The number of nitrogens with two attached hydrogens (primary N) is 1. The van der Waals surface area contributed by atoms with Gasteiger partial charge in [-0.1, -0.05) is 12.1 Å². The number of hydrogen-bond donors (Lipinski definition) is 3. The summed E-state index contributed by atoms with van der Waals surface area (Å²) in [5.74, 6) is -3.21. The number of carboxylic acid groups (broad SMARTS) is 1. The van der Waals surface area contributed by atoms with Crippen molar-refractivity contribution in [2.24, 2.45) is 11.7 Å². The lowest BCUT2D eigenvalue weighted by Gasteiger charge is -2.51. The van der Waals surface area contributed by atoms with Crippen molar-refractivity contribution >= 4 is 35.5 Å². The summed E-state index contributed by atoms with van der Waals surface area (Å²) in [7, 11) is 1.50. The van der Waals surface area contributed by atoms with Crippen molar-refractivity contribution in [2.45, 2.75) is 49.6 Å². The Kier molecular flexibility index (Phi) is 6.49. The highest BCUT2D eigenvalue weighted by atomic mass is 32.2. The molecule has 3 unspecified atom stereocenters. The third-order valence-corrected chi connectivity index (χ3v) is 6.37. The number of Topliss-reactive ketones (excluding diaryl/α,β-unsaturated/α-hetero) is 1. The van der Waals surface area contributed by atoms with E-state index in [2.05, 4.69) is 5.32 Å². The van der Waals surface area contributed by atoms with Crippen molar-refractivity contribution in [1.82, 2.24) is 10.2 Å². The molecule has 0 saturated carbocycles. The van der Waals surface area contributed by atoms with E-state index in [1.165, 1.54) is 13.2 Å². The van der Waals surface area contributed by atoms with Crippen LogP contribution in [0.1, 0.15) is 39.3 Å². The van der Waals surface area contributed by atoms with Gasteiger partial charge in [0.1, 0.15) is 34.4 Å². The molecular formula is C22H27N3O7S. The van der Waals surface area contributed by atoms with Gasteiger partial charge < -0.3 is 25.6 Å². The highest BCUT2D eigenvalue weighted by Crippen LogP contribution is 2.48. The molecule has 1 fully saturated rings. The van der Waals surface area contributed by atoms with E-state index in [0.717, 1.165) is 16.7 Å². The molecule has 0 aliphatic carbocycles. The van der Waals surface area contributed by atoms with Crippen LogP contribution in [0.3, 0.4) is 0 Å². The Balaban J connectivity index is 1.93. The number of carboxylic acids is 1. The molecule has 33 heavy (non-hydrogen) atoms. The quantitative estimate of drug-likeness (QED) is 0.413. The molecule has 11 heteroatoms. The zero-order valence-electron chi connectivity index (χ0n) is 18.9. The van der Waals surface area contributed by atoms with Crippen LogP contribution < -0.4 is 15.8 Å². The van der Waals surface area contributed by atoms with Crippen molar-refractivity contribution in [3.8, 4) is 5.75 Å². The number of thioether (sulfide) groups is 1. The molecule has 0 spiro atoms. The SMILES string of the molecule is COc1ccc(C(NC(=O)OC(C)(C)C)C(=O)C2C(=O)N3C(C(=O)O)=CC(C)(N)S[C@H]23)cc1. The minimum Gasteiger partial charge on any atom is -0.497 e. The van der Waals surface area contributed by atoms with E-state index >= 15 is 0 Å². The number of ketones is 1. The second kappa shape index (κ2) is 8.71. The number of fused-ring (bicyclic) bond motifs is 1. The predicted octanol–water partition coefficient (Wildman–Crippen LogP) is 2.00. The van der Waals surface area contributed by atoms with E-state index < -0.39 is 51.6 Å². The number of carbonyl (C=O) groups is 4. The van der Waals surface area contributed by atoms with Crippen LogP contribution in [0, 0.1) is 5.92 Å². The van der Waals surface area contributed by atoms with Gasteiger partial charge in [0, 0.05) is 0 Å². The van der Waals surface area contributed by atoms with Crippen LogP contribution in [-0.4, -0.2) is 56.7 Å². The van der Waals surface area contributed by atoms with Crippen LogP contribution in [0.4, 0.5) is 4.79 Å². The fourth-order valence-electron chi connectivity index (χ4n) is 3.62. The minimum absolute atomic E-state index is 0.265. The Morgan fingerprint density at radius 2 is 1.85 bits per heavy atom. The zero-order chi connectivity index (χ0) is 24.7. The first-order chi connectivity index (χ1) is 15.2. The molecule has 0 radical (unpaired) electrons. The van der Waals surface area contributed by atoms with Gasteiger partial charge in [0.15, 0.2) is 5.78 Å². The molecule has 4 N–H and O–H groups in total. The number of methoxy groups -OCH3 is 1. The summed E-state index contributed by atoms with van der Waals surface area (Å²) >= 11 is 1.11. The normalized spacial score (nSPS) is 25.2. The fourth-order valence-corrected chi connectivity index (χ4v) is 5.03. The molecule has 0 bridgehead atoms. The summed E-state index contributed by atoms with van der Waals surface area (Å²) in [6.45, 7) is 6.65. The molecule has 2 aliphatic rings. The van der Waals surface area contributed by atoms with Crippen molar-refractivity contribution in [3.05, 3.63) is 41.6 Å². The highest BCUT2D eigenvalue weighted by molar-refractivity contribution is 8.01. The topological polar surface area (TPSA) is 148 Å². The van der Waals surface area contributed by atoms with Crippen LogP contribution in [0.25, 0.3) is 0 Å². The highest BCUT2D eigenvalue weighted by Gasteiger charge is 2.59. The maximum Gasteiger partial charge on any atom is 0.408 e. The van der Waals surface area contributed by atoms with Crippen LogP contribution in [-0.2, 0) is 19.1 Å². The standard InChI is InChI=1S/C22H27N3O7S/c1-21(2,3)32-20(30)24-15(11-6-8-12(31-5)9-7-11)16(26)14-17(27)25-13(19(28)29)10-22(4,23)33-18(14)25/h6-10,14-15,18H,23H2,1-5H3,(H,24,30)(H,28,29)/t14?,15?,18-,22?/m1/s1. The number of nitrogens with one attached hydrogen (secondary N) is 1. The van der Waals surface area contributed by atoms with Crippen molar-refractivity contribution in [1.29, 1.82) is 0 Å². The molecule has 2 heterocycles. The summed E-state index contributed by atoms with van der Waals surface area (Å²) in [4.78, 5) is 50.6. The number of carbonyl (C=O) groups excluding carboxylic acids is 3. The van der Waals surface area contributed by atoms with Crippen LogP contribution in [0.15, 0.2) is 36.0 Å². The second-order valence-corrected chi connectivity index (χ2v) is 10.6. The van der Waals surface area contributed by atoms with Gasteiger partial charge >= 0.3 is 12.1 Å². The van der Waals surface area contributed by atoms with Crippen LogP contribution in [0.5, 0.6) is 5.75 Å². The Hall–Kier alpha value is -3.05. The Labute approximate surface area is 195 Å². The van der Waals surface area contributed by atoms with E-state index in [-0.39, 0.29) is 5.70 Å². The van der Waals surface area contributed by atoms with Crippen molar-refractivity contribution in [2.75, 3.05) is 7.11 Å². The van der Waals surface area contributed by atoms with E-state index in [1.807, 2.05) is 0 Å². The molecule has 10 nitrogen and oxygen atoms in total.